The van der Waals surface area contributed by atoms with E-state index >= 15 is 0 Å². The van der Waals surface area contributed by atoms with Crippen LogP contribution in [0.4, 0.5) is 5.69 Å². The number of carbonyl (C=O) groups excluding carboxylic acids is 1. The number of hydrogen-bond acceptors (Lipinski definition) is 6. The zero-order chi connectivity index (χ0) is 35.8. The summed E-state index contributed by atoms with van der Waals surface area (Å²) in [5.41, 5.74) is 4.96. The number of para-hydroxylation sites is 2. The smallest absolute Gasteiger partial charge is 0.340 e. The first kappa shape index (κ1) is 36.1. The average Bonchev–Trinajstić information content (AvgIpc) is 3.61. The number of rotatable bonds is 18. The Morgan fingerprint density at radius 3 is 2.25 bits per heavy atom. The molecule has 7 heteroatoms. The van der Waals surface area contributed by atoms with Crippen LogP contribution in [0.3, 0.4) is 0 Å². The summed E-state index contributed by atoms with van der Waals surface area (Å²) in [5, 5.41) is 1.05. The number of carbonyl (C=O) groups is 1. The summed E-state index contributed by atoms with van der Waals surface area (Å²) in [5.74, 6) is 0.876. The second-order valence-corrected chi connectivity index (χ2v) is 13.3. The molecule has 0 amide bonds. The van der Waals surface area contributed by atoms with Crippen LogP contribution in [0, 0.1) is 6.92 Å². The summed E-state index contributed by atoms with van der Waals surface area (Å²) < 4.78 is 28.1. The van der Waals surface area contributed by atoms with Crippen molar-refractivity contribution >= 4 is 22.6 Å². The Morgan fingerprint density at radius 2 is 1.49 bits per heavy atom. The Labute approximate surface area is 303 Å². The van der Waals surface area contributed by atoms with Gasteiger partial charge in [-0.15, -0.1) is 0 Å². The molecule has 0 aliphatic carbocycles. The SMILES string of the molecule is CCCCCCCCn1c(C)c(C2(c3ccc(N(CC)CC)cc3OC(COC)Oc3ccccc3)OC(=O)c3ccccc32)c2ccccc21. The van der Waals surface area contributed by atoms with Crippen molar-refractivity contribution in [2.24, 2.45) is 0 Å². The van der Waals surface area contributed by atoms with Gasteiger partial charge < -0.3 is 28.4 Å². The van der Waals surface area contributed by atoms with Gasteiger partial charge in [-0.05, 0) is 63.6 Å². The minimum atomic E-state index is -1.29. The molecule has 1 aliphatic rings. The van der Waals surface area contributed by atoms with Gasteiger partial charge in [-0.25, -0.2) is 4.79 Å². The molecule has 2 atom stereocenters. The quantitative estimate of drug-likeness (QED) is 0.0519. The number of fused-ring (bicyclic) bond motifs is 2. The van der Waals surface area contributed by atoms with Crippen molar-refractivity contribution < 1.29 is 23.7 Å². The molecule has 0 radical (unpaired) electrons. The lowest BCUT2D eigenvalue weighted by atomic mass is 9.78. The zero-order valence-corrected chi connectivity index (χ0v) is 30.8. The molecule has 0 N–H and O–H groups in total. The van der Waals surface area contributed by atoms with Gasteiger partial charge in [-0.1, -0.05) is 93.6 Å². The second kappa shape index (κ2) is 16.5. The number of nitrogens with zero attached hydrogens (tertiary/aromatic N) is 2. The summed E-state index contributed by atoms with van der Waals surface area (Å²) in [6.07, 6.45) is 6.50. The lowest BCUT2D eigenvalue weighted by Crippen LogP contribution is -2.34. The minimum absolute atomic E-state index is 0.184. The Balaban J connectivity index is 1.56. The van der Waals surface area contributed by atoms with E-state index in [4.69, 9.17) is 18.9 Å². The van der Waals surface area contributed by atoms with Gasteiger partial charge in [-0.3, -0.25) is 0 Å². The number of ether oxygens (including phenoxy) is 4. The molecule has 5 aromatic rings. The molecule has 51 heavy (non-hydrogen) atoms. The van der Waals surface area contributed by atoms with Crippen LogP contribution in [0.5, 0.6) is 11.5 Å². The fourth-order valence-electron chi connectivity index (χ4n) is 7.66. The van der Waals surface area contributed by atoms with Crippen LogP contribution in [0.2, 0.25) is 0 Å². The molecule has 268 valence electrons. The summed E-state index contributed by atoms with van der Waals surface area (Å²) >= 11 is 0. The summed E-state index contributed by atoms with van der Waals surface area (Å²) in [4.78, 5) is 16.3. The van der Waals surface area contributed by atoms with Crippen LogP contribution in [0.1, 0.15) is 92.0 Å². The van der Waals surface area contributed by atoms with Crippen molar-refractivity contribution in [2.75, 3.05) is 31.7 Å². The monoisotopic (exact) mass is 688 g/mol. The van der Waals surface area contributed by atoms with Crippen LogP contribution in [0.15, 0.2) is 97.1 Å². The highest BCUT2D eigenvalue weighted by Crippen LogP contribution is 2.53. The fourth-order valence-corrected chi connectivity index (χ4v) is 7.66. The molecule has 2 heterocycles. The Hall–Kier alpha value is -4.75. The van der Waals surface area contributed by atoms with Crippen molar-refractivity contribution in [3.05, 3.63) is 125 Å². The van der Waals surface area contributed by atoms with Crippen molar-refractivity contribution in [2.45, 2.75) is 84.7 Å². The van der Waals surface area contributed by atoms with Gasteiger partial charge in [0.25, 0.3) is 6.29 Å². The lowest BCUT2D eigenvalue weighted by molar-refractivity contribution is -0.0499. The largest absolute Gasteiger partial charge is 0.452 e. The molecule has 0 bridgehead atoms. The number of methoxy groups -OCH3 is 1. The van der Waals surface area contributed by atoms with E-state index in [0.29, 0.717) is 17.1 Å². The summed E-state index contributed by atoms with van der Waals surface area (Å²) in [6, 6.07) is 32.1. The molecule has 1 aliphatic heterocycles. The van der Waals surface area contributed by atoms with Gasteiger partial charge in [0.2, 0.25) is 0 Å². The van der Waals surface area contributed by atoms with Crippen molar-refractivity contribution in [3.8, 4) is 11.5 Å². The van der Waals surface area contributed by atoms with Crippen molar-refractivity contribution in [3.63, 3.8) is 0 Å². The highest BCUT2D eigenvalue weighted by molar-refractivity contribution is 5.99. The van der Waals surface area contributed by atoms with Gasteiger partial charge in [0.15, 0.2) is 5.60 Å². The molecule has 1 aromatic heterocycles. The highest BCUT2D eigenvalue weighted by Gasteiger charge is 2.52. The van der Waals surface area contributed by atoms with E-state index in [1.54, 1.807) is 7.11 Å². The third-order valence-corrected chi connectivity index (χ3v) is 10.1. The molecule has 0 saturated carbocycles. The number of unbranched alkanes of at least 4 members (excludes halogenated alkanes) is 5. The summed E-state index contributed by atoms with van der Waals surface area (Å²) in [6.45, 7) is 11.4. The maximum Gasteiger partial charge on any atom is 0.340 e. The van der Waals surface area contributed by atoms with E-state index < -0.39 is 11.9 Å². The topological polar surface area (TPSA) is 62.2 Å². The maximum absolute atomic E-state index is 14.0. The number of esters is 1. The van der Waals surface area contributed by atoms with E-state index in [1.165, 1.54) is 32.1 Å². The minimum Gasteiger partial charge on any atom is -0.452 e. The van der Waals surface area contributed by atoms with Gasteiger partial charge in [-0.2, -0.15) is 0 Å². The fraction of sp³-hybridized carbons (Fsp3) is 0.386. The molecule has 7 nitrogen and oxygen atoms in total. The van der Waals surface area contributed by atoms with Crippen LogP contribution in [0.25, 0.3) is 10.9 Å². The predicted octanol–water partition coefficient (Wildman–Crippen LogP) is 10.0. The summed E-state index contributed by atoms with van der Waals surface area (Å²) in [7, 11) is 1.64. The average molecular weight is 689 g/mol. The van der Waals surface area contributed by atoms with Crippen LogP contribution < -0.4 is 14.4 Å². The van der Waals surface area contributed by atoms with E-state index in [-0.39, 0.29) is 12.6 Å². The van der Waals surface area contributed by atoms with Gasteiger partial charge in [0, 0.05) is 71.8 Å². The number of aryl methyl sites for hydroxylation is 1. The van der Waals surface area contributed by atoms with Gasteiger partial charge in [0.05, 0.1) is 5.56 Å². The first-order valence-corrected chi connectivity index (χ1v) is 18.6. The Bertz CT molecular complexity index is 1910. The van der Waals surface area contributed by atoms with E-state index in [1.807, 2.05) is 54.6 Å². The molecular weight excluding hydrogens is 636 g/mol. The molecular formula is C44H52N2O5. The molecule has 0 saturated heterocycles. The first-order chi connectivity index (χ1) is 25.0. The zero-order valence-electron chi connectivity index (χ0n) is 30.8. The van der Waals surface area contributed by atoms with E-state index in [9.17, 15) is 4.79 Å². The van der Waals surface area contributed by atoms with Crippen LogP contribution in [-0.4, -0.2) is 43.6 Å². The molecule has 2 unspecified atom stereocenters. The first-order valence-electron chi connectivity index (χ1n) is 18.6. The van der Waals surface area contributed by atoms with E-state index in [0.717, 1.165) is 65.0 Å². The molecule has 0 fully saturated rings. The van der Waals surface area contributed by atoms with E-state index in [2.05, 4.69) is 79.6 Å². The lowest BCUT2D eigenvalue weighted by Gasteiger charge is -2.34. The Kier molecular flexibility index (Phi) is 11.7. The highest BCUT2D eigenvalue weighted by atomic mass is 16.7. The van der Waals surface area contributed by atoms with Crippen LogP contribution >= 0.6 is 0 Å². The second-order valence-electron chi connectivity index (χ2n) is 13.3. The number of cyclic esters (lactones) is 1. The third kappa shape index (κ3) is 7.22. The standard InChI is InChI=1S/C44H52N2O5/c1-6-9-10-11-12-20-29-46-32(4)42(36-24-17-19-26-39(36)46)44(37-25-18-16-23-35(37)43(47)51-44)38-28-27-33(45(7-2)8-3)30-40(38)50-41(31-48-5)49-34-21-14-13-15-22-34/h13-19,21-28,30,41H,6-12,20,29,31H2,1-5H3. The normalized spacial score (nSPS) is 15.8. The third-order valence-electron chi connectivity index (χ3n) is 10.1. The van der Waals surface area contributed by atoms with Crippen LogP contribution in [-0.2, 0) is 21.6 Å². The molecule has 6 rings (SSSR count). The maximum atomic E-state index is 14.0. The number of hydrogen-bond donors (Lipinski definition) is 0. The molecule has 0 spiro atoms. The van der Waals surface area contributed by atoms with Crippen molar-refractivity contribution in [1.82, 2.24) is 4.57 Å². The van der Waals surface area contributed by atoms with Gasteiger partial charge in [0.1, 0.15) is 18.1 Å². The number of benzene rings is 4. The van der Waals surface area contributed by atoms with Crippen molar-refractivity contribution in [1.29, 1.82) is 0 Å². The number of aromatic nitrogens is 1. The molecule has 4 aromatic carbocycles. The van der Waals surface area contributed by atoms with Gasteiger partial charge >= 0.3 is 5.97 Å². The predicted molar refractivity (Wildman–Crippen MR) is 205 cm³/mol. The Morgan fingerprint density at radius 1 is 0.784 bits per heavy atom. The number of anilines is 1.